The number of likely N-dealkylation sites (tertiary alicyclic amines) is 1. The largest absolute Gasteiger partial charge is 0.465 e. The third-order valence-electron chi connectivity index (χ3n) is 8.38. The number of benzene rings is 3. The molecule has 0 bridgehead atoms. The summed E-state index contributed by atoms with van der Waals surface area (Å²) in [7, 11) is 1.45. The van der Waals surface area contributed by atoms with Crippen LogP contribution in [0.4, 0.5) is 22.8 Å². The van der Waals surface area contributed by atoms with Crippen molar-refractivity contribution in [2.75, 3.05) is 26.7 Å². The number of rotatable bonds is 6. The minimum absolute atomic E-state index is 0.0252. The number of alkyl halides is 1. The first-order valence-electron chi connectivity index (χ1n) is 13.7. The van der Waals surface area contributed by atoms with Crippen LogP contribution in [0.5, 0.6) is 0 Å². The van der Waals surface area contributed by atoms with Crippen molar-refractivity contribution in [1.82, 2.24) is 14.7 Å². The van der Waals surface area contributed by atoms with E-state index in [1.54, 1.807) is 60.7 Å². The van der Waals surface area contributed by atoms with Crippen molar-refractivity contribution in [3.05, 3.63) is 113 Å². The molecule has 220 valence electrons. The van der Waals surface area contributed by atoms with Crippen LogP contribution in [0.15, 0.2) is 84.9 Å². The Labute approximate surface area is 242 Å². The van der Waals surface area contributed by atoms with Crippen molar-refractivity contribution in [3.8, 4) is 0 Å². The zero-order chi connectivity index (χ0) is 30.0. The maximum absolute atomic E-state index is 16.3. The van der Waals surface area contributed by atoms with E-state index >= 15 is 4.39 Å². The molecule has 0 radical (unpaired) electrons. The molecule has 3 aromatic carbocycles. The first-order valence-corrected chi connectivity index (χ1v) is 13.7. The van der Waals surface area contributed by atoms with Crippen molar-refractivity contribution < 1.29 is 33.0 Å². The van der Waals surface area contributed by atoms with Crippen LogP contribution in [-0.2, 0) is 12.0 Å². The predicted molar refractivity (Wildman–Crippen MR) is 151 cm³/mol. The fourth-order valence-electron chi connectivity index (χ4n) is 6.14. The molecular formula is C32H32F3N3O4. The lowest BCUT2D eigenvalue weighted by atomic mass is 9.88. The van der Waals surface area contributed by atoms with Gasteiger partial charge in [-0.3, -0.25) is 0 Å². The monoisotopic (exact) mass is 579 g/mol. The van der Waals surface area contributed by atoms with Gasteiger partial charge in [0.15, 0.2) is 0 Å². The smallest absolute Gasteiger partial charge is 0.407 e. The molecule has 0 spiro atoms. The van der Waals surface area contributed by atoms with Crippen molar-refractivity contribution in [2.24, 2.45) is 0 Å². The van der Waals surface area contributed by atoms with Crippen LogP contribution in [0.1, 0.15) is 23.1 Å². The summed E-state index contributed by atoms with van der Waals surface area (Å²) in [5.41, 5.74) is 0.131. The number of carboxylic acid groups (broad SMARTS) is 1. The van der Waals surface area contributed by atoms with E-state index in [4.69, 9.17) is 0 Å². The van der Waals surface area contributed by atoms with E-state index in [0.29, 0.717) is 11.1 Å². The van der Waals surface area contributed by atoms with Gasteiger partial charge >= 0.3 is 12.1 Å². The topological polar surface area (TPSA) is 84.3 Å². The summed E-state index contributed by atoms with van der Waals surface area (Å²) in [4.78, 5) is 29.9. The van der Waals surface area contributed by atoms with Crippen LogP contribution >= 0.6 is 0 Å². The molecule has 5 rings (SSSR count). The highest BCUT2D eigenvalue weighted by molar-refractivity contribution is 5.84. The fourth-order valence-corrected chi connectivity index (χ4v) is 6.14. The van der Waals surface area contributed by atoms with Gasteiger partial charge in [0.1, 0.15) is 23.3 Å². The van der Waals surface area contributed by atoms with Crippen molar-refractivity contribution in [3.63, 3.8) is 0 Å². The van der Waals surface area contributed by atoms with E-state index in [1.165, 1.54) is 16.8 Å². The van der Waals surface area contributed by atoms with Crippen molar-refractivity contribution in [2.45, 2.75) is 36.6 Å². The van der Waals surface area contributed by atoms with Crippen LogP contribution in [0.25, 0.3) is 5.57 Å². The number of piperidine rings is 1. The van der Waals surface area contributed by atoms with Crippen LogP contribution in [0, 0.1) is 11.6 Å². The van der Waals surface area contributed by atoms with Gasteiger partial charge in [-0.05, 0) is 53.8 Å². The zero-order valence-electron chi connectivity index (χ0n) is 23.0. The van der Waals surface area contributed by atoms with E-state index < -0.39 is 54.2 Å². The first kappa shape index (κ1) is 29.2. The summed E-state index contributed by atoms with van der Waals surface area (Å²) in [5.74, 6) is -1.34. The minimum atomic E-state index is -1.71. The highest BCUT2D eigenvalue weighted by atomic mass is 19.1. The molecule has 2 N–H and O–H groups in total. The Hall–Kier alpha value is -4.31. The van der Waals surface area contributed by atoms with E-state index in [9.17, 15) is 28.6 Å². The standard InChI is InChI=1S/C32H32F3N3O4/c1-36(27-14-15-37(31(41)42)28(29(27)35)16-21-8-4-2-5-9-21)30(40)38-19-22(25-17-24(33)12-13-26(25)34)18-32(38,20-39)23-10-6-3-7-11-23/h2-13,17-18,27-29,39H,14-16,19-20H2,1H3,(H,41,42)/t27-,28?,29+,32+/m0/s1. The molecule has 10 heteroatoms. The van der Waals surface area contributed by atoms with Crippen LogP contribution in [-0.4, -0.2) is 82.0 Å². The second-order valence-corrected chi connectivity index (χ2v) is 10.8. The third kappa shape index (κ3) is 5.34. The molecular weight excluding hydrogens is 547 g/mol. The zero-order valence-corrected chi connectivity index (χ0v) is 23.0. The van der Waals surface area contributed by atoms with Gasteiger partial charge in [0.2, 0.25) is 0 Å². The molecule has 42 heavy (non-hydrogen) atoms. The van der Waals surface area contributed by atoms with Crippen molar-refractivity contribution in [1.29, 1.82) is 0 Å². The maximum atomic E-state index is 16.3. The molecule has 1 unspecified atom stereocenters. The third-order valence-corrected chi connectivity index (χ3v) is 8.38. The summed E-state index contributed by atoms with van der Waals surface area (Å²) in [6.07, 6.45) is -1.19. The number of nitrogens with zero attached hydrogens (tertiary/aromatic N) is 3. The Morgan fingerprint density at radius 2 is 1.69 bits per heavy atom. The Balaban J connectivity index is 1.48. The number of carbonyl (C=O) groups is 2. The number of amides is 3. The maximum Gasteiger partial charge on any atom is 0.407 e. The lowest BCUT2D eigenvalue weighted by Crippen LogP contribution is -2.62. The van der Waals surface area contributed by atoms with Gasteiger partial charge < -0.3 is 24.9 Å². The molecule has 7 nitrogen and oxygen atoms in total. The molecule has 4 atom stereocenters. The molecule has 2 heterocycles. The number of aliphatic hydroxyl groups excluding tert-OH is 1. The average Bonchev–Trinajstić information content (AvgIpc) is 3.40. The number of hydrogen-bond donors (Lipinski definition) is 2. The first-order chi connectivity index (χ1) is 20.2. The summed E-state index contributed by atoms with van der Waals surface area (Å²) >= 11 is 0. The molecule has 3 aromatic rings. The van der Waals surface area contributed by atoms with Gasteiger partial charge in [-0.2, -0.15) is 0 Å². The Bertz CT molecular complexity index is 1470. The molecule has 1 saturated heterocycles. The van der Waals surface area contributed by atoms with E-state index in [0.717, 1.165) is 28.7 Å². The Kier molecular flexibility index (Phi) is 8.27. The van der Waals surface area contributed by atoms with E-state index in [-0.39, 0.29) is 31.5 Å². The lowest BCUT2D eigenvalue weighted by Gasteiger charge is -2.46. The van der Waals surface area contributed by atoms with Crippen LogP contribution < -0.4 is 0 Å². The summed E-state index contributed by atoms with van der Waals surface area (Å²) in [6, 6.07) is 18.1. The van der Waals surface area contributed by atoms with Crippen LogP contribution in [0.2, 0.25) is 0 Å². The number of aliphatic hydroxyl groups is 1. The summed E-state index contributed by atoms with van der Waals surface area (Å²) in [6.45, 7) is -0.709. The van der Waals surface area contributed by atoms with Gasteiger partial charge in [-0.15, -0.1) is 0 Å². The molecule has 1 fully saturated rings. The SMILES string of the molecule is CN(C(=O)N1CC(c2cc(F)ccc2F)=C[C@@]1(CO)c1ccccc1)[C@H]1CCN(C(=O)O)C(Cc2ccccc2)[C@@H]1F. The highest BCUT2D eigenvalue weighted by Crippen LogP contribution is 2.42. The van der Waals surface area contributed by atoms with Gasteiger partial charge in [-0.1, -0.05) is 60.7 Å². The minimum Gasteiger partial charge on any atom is -0.465 e. The van der Waals surface area contributed by atoms with E-state index in [2.05, 4.69) is 0 Å². The van der Waals surface area contributed by atoms with Gasteiger partial charge in [0, 0.05) is 25.7 Å². The van der Waals surface area contributed by atoms with Gasteiger partial charge in [-0.25, -0.2) is 22.8 Å². The molecule has 2 aliphatic rings. The van der Waals surface area contributed by atoms with Gasteiger partial charge in [0.25, 0.3) is 0 Å². The van der Waals surface area contributed by atoms with Crippen LogP contribution in [0.3, 0.4) is 0 Å². The summed E-state index contributed by atoms with van der Waals surface area (Å²) < 4.78 is 45.2. The molecule has 3 amide bonds. The number of halogens is 3. The van der Waals surface area contributed by atoms with Crippen molar-refractivity contribution >= 4 is 17.7 Å². The quantitative estimate of drug-likeness (QED) is 0.415. The fraction of sp³-hybridized carbons (Fsp3) is 0.312. The molecule has 2 aliphatic heterocycles. The molecule has 0 aromatic heterocycles. The molecule has 0 aliphatic carbocycles. The summed E-state index contributed by atoms with van der Waals surface area (Å²) in [5, 5.41) is 20.5. The Morgan fingerprint density at radius 1 is 1.02 bits per heavy atom. The number of hydrogen-bond acceptors (Lipinski definition) is 3. The van der Waals surface area contributed by atoms with E-state index in [1.807, 2.05) is 6.07 Å². The Morgan fingerprint density at radius 3 is 2.33 bits per heavy atom. The second-order valence-electron chi connectivity index (χ2n) is 10.8. The van der Waals surface area contributed by atoms with Gasteiger partial charge in [0.05, 0.1) is 18.7 Å². The number of carbonyl (C=O) groups excluding carboxylic acids is 1. The normalized spacial score (nSPS) is 23.9. The average molecular weight is 580 g/mol. The number of urea groups is 1. The molecule has 0 saturated carbocycles. The predicted octanol–water partition coefficient (Wildman–Crippen LogP) is 5.31. The highest BCUT2D eigenvalue weighted by Gasteiger charge is 2.49. The second kappa shape index (κ2) is 11.9. The lowest BCUT2D eigenvalue weighted by molar-refractivity contribution is 0.00480.